The summed E-state index contributed by atoms with van der Waals surface area (Å²) in [4.78, 5) is 41.2. The molecule has 0 radical (unpaired) electrons. The molecule has 2 aromatic carbocycles. The predicted molar refractivity (Wildman–Crippen MR) is 127 cm³/mol. The van der Waals surface area contributed by atoms with E-state index in [1.54, 1.807) is 48.5 Å². The molecule has 1 amide bonds. The minimum atomic E-state index is -0.963. The molecule has 0 aliphatic rings. The summed E-state index contributed by atoms with van der Waals surface area (Å²) in [6.07, 6.45) is -0.796. The highest BCUT2D eigenvalue weighted by molar-refractivity contribution is 6.30. The molecule has 8 nitrogen and oxygen atoms in total. The summed E-state index contributed by atoms with van der Waals surface area (Å²) in [7, 11) is 0. The highest BCUT2D eigenvalue weighted by Crippen LogP contribution is 2.20. The fourth-order valence-corrected chi connectivity index (χ4v) is 2.99. The number of ketones is 1. The van der Waals surface area contributed by atoms with Gasteiger partial charge in [0, 0.05) is 33.7 Å². The van der Waals surface area contributed by atoms with Gasteiger partial charge in [-0.05, 0) is 55.5 Å². The zero-order valence-corrected chi connectivity index (χ0v) is 20.2. The van der Waals surface area contributed by atoms with Crippen molar-refractivity contribution in [2.75, 3.05) is 5.32 Å². The van der Waals surface area contributed by atoms with Crippen LogP contribution >= 0.6 is 11.6 Å². The number of rotatable bonds is 8. The topological polar surface area (TPSA) is 111 Å². The summed E-state index contributed by atoms with van der Waals surface area (Å²) in [6.45, 7) is 6.95. The number of halogens is 1. The Bertz CT molecular complexity index is 1160. The molecule has 0 aliphatic heterocycles. The van der Waals surface area contributed by atoms with Crippen molar-refractivity contribution in [1.82, 2.24) is 10.1 Å². The van der Waals surface area contributed by atoms with Gasteiger partial charge in [-0.2, -0.15) is 4.98 Å². The molecule has 1 atom stereocenters. The van der Waals surface area contributed by atoms with Crippen LogP contribution in [0, 0.1) is 5.41 Å². The van der Waals surface area contributed by atoms with Crippen LogP contribution in [0.2, 0.25) is 5.02 Å². The van der Waals surface area contributed by atoms with Crippen LogP contribution in [0.25, 0.3) is 11.4 Å². The average Bonchev–Trinajstić information content (AvgIpc) is 3.26. The van der Waals surface area contributed by atoms with Crippen LogP contribution in [0.15, 0.2) is 53.1 Å². The number of nitrogens with one attached hydrogen (secondary N) is 1. The standard InChI is InChI=1S/C25H26ClN3O5/c1-15(22(31)16-7-11-19(12-8-16)27-24(32)25(2,3)4)33-21(30)14-13-20-28-23(29-34-20)17-5-9-18(26)10-6-17/h5-12,15H,13-14H2,1-4H3,(H,27,32). The predicted octanol–water partition coefficient (Wildman–Crippen LogP) is 5.12. The molecule has 1 aromatic heterocycles. The van der Waals surface area contributed by atoms with Gasteiger partial charge in [-0.25, -0.2) is 0 Å². The molecule has 1 heterocycles. The number of ether oxygens (including phenoxy) is 1. The SMILES string of the molecule is CC(OC(=O)CCc1nc(-c2ccc(Cl)cc2)no1)C(=O)c1ccc(NC(=O)C(C)(C)C)cc1. The van der Waals surface area contributed by atoms with Crippen LogP contribution in [0.4, 0.5) is 5.69 Å². The molecule has 3 aromatic rings. The van der Waals surface area contributed by atoms with E-state index in [4.69, 9.17) is 20.9 Å². The molecule has 0 saturated carbocycles. The molecule has 0 saturated heterocycles. The first kappa shape index (κ1) is 25.1. The van der Waals surface area contributed by atoms with E-state index in [-0.39, 0.29) is 30.4 Å². The Balaban J connectivity index is 1.50. The van der Waals surface area contributed by atoms with Crippen LogP contribution in [0.5, 0.6) is 0 Å². The normalized spacial score (nSPS) is 12.1. The Kier molecular flexibility index (Phi) is 7.83. The Morgan fingerprint density at radius 3 is 2.32 bits per heavy atom. The number of hydrogen-bond acceptors (Lipinski definition) is 7. The summed E-state index contributed by atoms with van der Waals surface area (Å²) < 4.78 is 10.5. The number of benzene rings is 2. The van der Waals surface area contributed by atoms with Crippen molar-refractivity contribution in [1.29, 1.82) is 0 Å². The molecule has 0 aliphatic carbocycles. The second kappa shape index (κ2) is 10.6. The lowest BCUT2D eigenvalue weighted by Crippen LogP contribution is -2.27. The summed E-state index contributed by atoms with van der Waals surface area (Å²) >= 11 is 5.88. The molecule has 0 spiro atoms. The minimum absolute atomic E-state index is 0.0162. The Hall–Kier alpha value is -3.52. The fraction of sp³-hybridized carbons (Fsp3) is 0.320. The smallest absolute Gasteiger partial charge is 0.307 e. The quantitative estimate of drug-likeness (QED) is 0.349. The van der Waals surface area contributed by atoms with Gasteiger partial charge in [0.2, 0.25) is 23.4 Å². The highest BCUT2D eigenvalue weighted by atomic mass is 35.5. The van der Waals surface area contributed by atoms with Gasteiger partial charge in [0.1, 0.15) is 0 Å². The third kappa shape index (κ3) is 6.74. The summed E-state index contributed by atoms with van der Waals surface area (Å²) in [6, 6.07) is 13.4. The number of Topliss-reactive ketones (excluding diaryl/α,β-unsaturated/α-hetero) is 1. The maximum atomic E-state index is 12.6. The number of carbonyl (C=O) groups excluding carboxylic acids is 3. The average molecular weight is 484 g/mol. The highest BCUT2D eigenvalue weighted by Gasteiger charge is 2.22. The van der Waals surface area contributed by atoms with E-state index in [9.17, 15) is 14.4 Å². The van der Waals surface area contributed by atoms with Crippen molar-refractivity contribution >= 4 is 34.9 Å². The van der Waals surface area contributed by atoms with Crippen LogP contribution in [0.1, 0.15) is 50.4 Å². The first-order chi connectivity index (χ1) is 16.0. The minimum Gasteiger partial charge on any atom is -0.454 e. The van der Waals surface area contributed by atoms with Gasteiger partial charge >= 0.3 is 5.97 Å². The summed E-state index contributed by atoms with van der Waals surface area (Å²) in [5.41, 5.74) is 1.16. The number of aromatic nitrogens is 2. The van der Waals surface area contributed by atoms with Crippen LogP contribution < -0.4 is 5.32 Å². The molecule has 34 heavy (non-hydrogen) atoms. The van der Waals surface area contributed by atoms with Gasteiger partial charge in [-0.1, -0.05) is 37.5 Å². The van der Waals surface area contributed by atoms with Crippen molar-refractivity contribution in [2.24, 2.45) is 5.41 Å². The van der Waals surface area contributed by atoms with Gasteiger partial charge < -0.3 is 14.6 Å². The number of nitrogens with zero attached hydrogens (tertiary/aromatic N) is 2. The molecule has 0 bridgehead atoms. The molecule has 9 heteroatoms. The van der Waals surface area contributed by atoms with E-state index in [1.807, 2.05) is 20.8 Å². The van der Waals surface area contributed by atoms with Crippen molar-refractivity contribution in [3.05, 3.63) is 65.0 Å². The number of hydrogen-bond donors (Lipinski definition) is 1. The first-order valence-electron chi connectivity index (χ1n) is 10.8. The molecular formula is C25H26ClN3O5. The first-order valence-corrected chi connectivity index (χ1v) is 11.1. The largest absolute Gasteiger partial charge is 0.454 e. The third-order valence-corrected chi connectivity index (χ3v) is 5.15. The number of amides is 1. The number of aryl methyl sites for hydroxylation is 1. The lowest BCUT2D eigenvalue weighted by atomic mass is 9.95. The monoisotopic (exact) mass is 483 g/mol. The number of anilines is 1. The van der Waals surface area contributed by atoms with E-state index in [0.29, 0.717) is 22.1 Å². The fourth-order valence-electron chi connectivity index (χ4n) is 2.86. The Morgan fingerprint density at radius 2 is 1.71 bits per heavy atom. The van der Waals surface area contributed by atoms with E-state index in [0.717, 1.165) is 5.56 Å². The van der Waals surface area contributed by atoms with E-state index in [2.05, 4.69) is 15.5 Å². The van der Waals surface area contributed by atoms with Crippen LogP contribution in [0.3, 0.4) is 0 Å². The maximum Gasteiger partial charge on any atom is 0.307 e. The van der Waals surface area contributed by atoms with Crippen LogP contribution in [-0.4, -0.2) is 33.9 Å². The van der Waals surface area contributed by atoms with Crippen molar-refractivity contribution in [3.63, 3.8) is 0 Å². The van der Waals surface area contributed by atoms with E-state index < -0.39 is 17.5 Å². The second-order valence-corrected chi connectivity index (χ2v) is 9.23. The van der Waals surface area contributed by atoms with Crippen molar-refractivity contribution in [2.45, 2.75) is 46.6 Å². The van der Waals surface area contributed by atoms with Crippen LogP contribution in [-0.2, 0) is 20.7 Å². The van der Waals surface area contributed by atoms with Gasteiger partial charge in [-0.3, -0.25) is 14.4 Å². The zero-order valence-electron chi connectivity index (χ0n) is 19.4. The summed E-state index contributed by atoms with van der Waals surface area (Å²) in [5.74, 6) is -0.346. The van der Waals surface area contributed by atoms with Gasteiger partial charge in [0.05, 0.1) is 6.42 Å². The van der Waals surface area contributed by atoms with Gasteiger partial charge in [-0.15, -0.1) is 0 Å². The summed E-state index contributed by atoms with van der Waals surface area (Å²) in [5, 5.41) is 7.29. The number of carbonyl (C=O) groups is 3. The maximum absolute atomic E-state index is 12.6. The van der Waals surface area contributed by atoms with Crippen molar-refractivity contribution in [3.8, 4) is 11.4 Å². The van der Waals surface area contributed by atoms with E-state index >= 15 is 0 Å². The molecule has 3 rings (SSSR count). The molecule has 1 N–H and O–H groups in total. The van der Waals surface area contributed by atoms with Gasteiger partial charge in [0.15, 0.2) is 6.10 Å². The Morgan fingerprint density at radius 1 is 1.06 bits per heavy atom. The third-order valence-electron chi connectivity index (χ3n) is 4.90. The number of esters is 1. The second-order valence-electron chi connectivity index (χ2n) is 8.80. The Labute approximate surface area is 202 Å². The zero-order chi connectivity index (χ0) is 24.9. The molecule has 178 valence electrons. The van der Waals surface area contributed by atoms with Crippen molar-refractivity contribution < 1.29 is 23.6 Å². The van der Waals surface area contributed by atoms with Gasteiger partial charge in [0.25, 0.3) is 0 Å². The lowest BCUT2D eigenvalue weighted by molar-refractivity contribution is -0.146. The lowest BCUT2D eigenvalue weighted by Gasteiger charge is -2.18. The molecule has 1 unspecified atom stereocenters. The molecular weight excluding hydrogens is 458 g/mol. The molecule has 0 fully saturated rings. The van der Waals surface area contributed by atoms with E-state index in [1.165, 1.54) is 6.92 Å².